The molecule has 1 rings (SSSR count). The number of hydrogen-bond donors (Lipinski definition) is 1. The highest BCUT2D eigenvalue weighted by atomic mass is 16.4. The fourth-order valence-electron chi connectivity index (χ4n) is 0.794. The van der Waals surface area contributed by atoms with Crippen LogP contribution in [0.15, 0.2) is 24.6 Å². The summed E-state index contributed by atoms with van der Waals surface area (Å²) in [6, 6.07) is 0. The van der Waals surface area contributed by atoms with Gasteiger partial charge in [0.05, 0.1) is 6.67 Å². The highest BCUT2D eigenvalue weighted by Gasteiger charge is 2.03. The lowest BCUT2D eigenvalue weighted by molar-refractivity contribution is -0.132. The SMILES string of the molecule is C=C(C)C(=O)O.CCN1C=CN(C)C1. The summed E-state index contributed by atoms with van der Waals surface area (Å²) in [5, 5.41) is 7.89. The molecule has 0 spiro atoms. The van der Waals surface area contributed by atoms with Crippen molar-refractivity contribution in [1.82, 2.24) is 9.80 Å². The average Bonchev–Trinajstić information content (AvgIpc) is 2.52. The summed E-state index contributed by atoms with van der Waals surface area (Å²) in [6.45, 7) is 8.92. The van der Waals surface area contributed by atoms with E-state index in [0.29, 0.717) is 0 Å². The van der Waals surface area contributed by atoms with Gasteiger partial charge in [0.15, 0.2) is 0 Å². The predicted octanol–water partition coefficient (Wildman–Crippen LogP) is 1.33. The molecule has 0 saturated carbocycles. The van der Waals surface area contributed by atoms with Gasteiger partial charge >= 0.3 is 5.97 Å². The minimum absolute atomic E-state index is 0.176. The molecule has 0 bridgehead atoms. The van der Waals surface area contributed by atoms with Gasteiger partial charge in [0, 0.05) is 31.6 Å². The molecule has 0 atom stereocenters. The minimum Gasteiger partial charge on any atom is -0.478 e. The van der Waals surface area contributed by atoms with E-state index in [1.165, 1.54) is 6.92 Å². The molecule has 0 fully saturated rings. The van der Waals surface area contributed by atoms with Crippen molar-refractivity contribution in [1.29, 1.82) is 0 Å². The lowest BCUT2D eigenvalue weighted by Gasteiger charge is -2.14. The Bertz CT molecular complexity index is 224. The molecule has 4 heteroatoms. The van der Waals surface area contributed by atoms with Crippen LogP contribution in [0.25, 0.3) is 0 Å². The summed E-state index contributed by atoms with van der Waals surface area (Å²) < 4.78 is 0. The van der Waals surface area contributed by atoms with E-state index in [9.17, 15) is 4.79 Å². The third-order valence-corrected chi connectivity index (χ3v) is 1.71. The second-order valence-corrected chi connectivity index (χ2v) is 3.19. The molecule has 1 aliphatic heterocycles. The smallest absolute Gasteiger partial charge is 0.330 e. The summed E-state index contributed by atoms with van der Waals surface area (Å²) >= 11 is 0. The van der Waals surface area contributed by atoms with Crippen LogP contribution in [0.1, 0.15) is 13.8 Å². The van der Waals surface area contributed by atoms with Gasteiger partial charge in [-0.3, -0.25) is 0 Å². The monoisotopic (exact) mass is 198 g/mol. The Morgan fingerprint density at radius 1 is 1.57 bits per heavy atom. The number of hydrogen-bond acceptors (Lipinski definition) is 3. The standard InChI is InChI=1S/C6H12N2.C4H6O2/c1-3-8-5-4-7(2)6-8;1-3(2)4(5)6/h4-5H,3,6H2,1-2H3;1H2,2H3,(H,5,6). The van der Waals surface area contributed by atoms with Gasteiger partial charge in [0.25, 0.3) is 0 Å². The van der Waals surface area contributed by atoms with Crippen molar-refractivity contribution in [3.05, 3.63) is 24.6 Å². The number of rotatable bonds is 2. The van der Waals surface area contributed by atoms with Crippen LogP contribution in [0.5, 0.6) is 0 Å². The topological polar surface area (TPSA) is 43.8 Å². The van der Waals surface area contributed by atoms with E-state index in [0.717, 1.165) is 13.2 Å². The second-order valence-electron chi connectivity index (χ2n) is 3.19. The van der Waals surface area contributed by atoms with Crippen molar-refractivity contribution in [3.63, 3.8) is 0 Å². The molecule has 80 valence electrons. The molecule has 14 heavy (non-hydrogen) atoms. The highest BCUT2D eigenvalue weighted by molar-refractivity contribution is 5.84. The Morgan fingerprint density at radius 2 is 2.07 bits per heavy atom. The number of carboxylic acids is 1. The van der Waals surface area contributed by atoms with Crippen molar-refractivity contribution in [2.45, 2.75) is 13.8 Å². The summed E-state index contributed by atoms with van der Waals surface area (Å²) in [6.07, 6.45) is 4.20. The fourth-order valence-corrected chi connectivity index (χ4v) is 0.794. The molecule has 1 heterocycles. The summed E-state index contributed by atoms with van der Waals surface area (Å²) in [5.74, 6) is -0.935. The fraction of sp³-hybridized carbons (Fsp3) is 0.500. The van der Waals surface area contributed by atoms with Crippen LogP contribution in [-0.2, 0) is 4.79 Å². The Kier molecular flexibility index (Phi) is 5.44. The van der Waals surface area contributed by atoms with E-state index in [4.69, 9.17) is 5.11 Å². The van der Waals surface area contributed by atoms with Crippen LogP contribution >= 0.6 is 0 Å². The summed E-state index contributed by atoms with van der Waals surface area (Å²) in [4.78, 5) is 14.0. The first-order valence-electron chi connectivity index (χ1n) is 4.48. The Balaban J connectivity index is 0.000000255. The van der Waals surface area contributed by atoms with E-state index >= 15 is 0 Å². The van der Waals surface area contributed by atoms with Gasteiger partial charge in [-0.05, 0) is 13.8 Å². The molecule has 0 aromatic rings. The van der Waals surface area contributed by atoms with E-state index in [2.05, 4.69) is 42.8 Å². The Labute approximate surface area is 85.1 Å². The van der Waals surface area contributed by atoms with Crippen LogP contribution in [0, 0.1) is 0 Å². The van der Waals surface area contributed by atoms with E-state index in [-0.39, 0.29) is 5.57 Å². The van der Waals surface area contributed by atoms with Gasteiger partial charge in [-0.25, -0.2) is 4.79 Å². The lowest BCUT2D eigenvalue weighted by Crippen LogP contribution is -2.21. The van der Waals surface area contributed by atoms with Crippen molar-refractivity contribution in [2.75, 3.05) is 20.3 Å². The lowest BCUT2D eigenvalue weighted by atomic mass is 10.4. The van der Waals surface area contributed by atoms with Crippen LogP contribution < -0.4 is 0 Å². The molecule has 0 aliphatic carbocycles. The third-order valence-electron chi connectivity index (χ3n) is 1.71. The molecular weight excluding hydrogens is 180 g/mol. The van der Waals surface area contributed by atoms with Gasteiger partial charge in [0.2, 0.25) is 0 Å². The van der Waals surface area contributed by atoms with Crippen LogP contribution in [0.2, 0.25) is 0 Å². The van der Waals surface area contributed by atoms with Gasteiger partial charge < -0.3 is 14.9 Å². The van der Waals surface area contributed by atoms with Gasteiger partial charge in [-0.15, -0.1) is 0 Å². The number of carbonyl (C=O) groups is 1. The number of carboxylic acid groups (broad SMARTS) is 1. The van der Waals surface area contributed by atoms with Crippen molar-refractivity contribution in [3.8, 4) is 0 Å². The van der Waals surface area contributed by atoms with Crippen molar-refractivity contribution < 1.29 is 9.90 Å². The summed E-state index contributed by atoms with van der Waals surface area (Å²) in [7, 11) is 2.08. The Hall–Kier alpha value is -1.45. The molecule has 0 amide bonds. The maximum Gasteiger partial charge on any atom is 0.330 e. The first-order chi connectivity index (χ1) is 6.47. The molecule has 1 aliphatic rings. The predicted molar refractivity (Wildman–Crippen MR) is 56.6 cm³/mol. The normalized spacial score (nSPS) is 13.6. The number of nitrogens with zero attached hydrogens (tertiary/aromatic N) is 2. The van der Waals surface area contributed by atoms with Crippen LogP contribution in [-0.4, -0.2) is 41.1 Å². The highest BCUT2D eigenvalue weighted by Crippen LogP contribution is 2.00. The molecule has 1 N–H and O–H groups in total. The maximum atomic E-state index is 9.60. The summed E-state index contributed by atoms with van der Waals surface area (Å²) in [5.41, 5.74) is 0.176. The zero-order valence-corrected chi connectivity index (χ0v) is 9.03. The van der Waals surface area contributed by atoms with E-state index < -0.39 is 5.97 Å². The van der Waals surface area contributed by atoms with E-state index in [1.807, 2.05) is 0 Å². The molecule has 0 aromatic heterocycles. The molecule has 0 aromatic carbocycles. The zero-order valence-electron chi connectivity index (χ0n) is 9.03. The largest absolute Gasteiger partial charge is 0.478 e. The second kappa shape index (κ2) is 6.07. The van der Waals surface area contributed by atoms with Crippen molar-refractivity contribution in [2.24, 2.45) is 0 Å². The Morgan fingerprint density at radius 3 is 2.21 bits per heavy atom. The molecule has 0 saturated heterocycles. The van der Waals surface area contributed by atoms with Crippen LogP contribution in [0.3, 0.4) is 0 Å². The van der Waals surface area contributed by atoms with Crippen molar-refractivity contribution >= 4 is 5.97 Å². The molecule has 0 unspecified atom stereocenters. The minimum atomic E-state index is -0.935. The van der Waals surface area contributed by atoms with E-state index in [1.54, 1.807) is 0 Å². The van der Waals surface area contributed by atoms with Crippen LogP contribution in [0.4, 0.5) is 0 Å². The average molecular weight is 198 g/mol. The zero-order chi connectivity index (χ0) is 11.1. The quantitative estimate of drug-likeness (QED) is 0.680. The van der Waals surface area contributed by atoms with Gasteiger partial charge in [-0.1, -0.05) is 6.58 Å². The first kappa shape index (κ1) is 12.6. The molecular formula is C10H18N2O2. The van der Waals surface area contributed by atoms with Gasteiger partial charge in [-0.2, -0.15) is 0 Å². The maximum absolute atomic E-state index is 9.60. The van der Waals surface area contributed by atoms with Gasteiger partial charge in [0.1, 0.15) is 0 Å². The third kappa shape index (κ3) is 5.24. The number of aliphatic carboxylic acids is 1. The first-order valence-corrected chi connectivity index (χ1v) is 4.48. The molecule has 0 radical (unpaired) electrons. The molecule has 4 nitrogen and oxygen atoms in total.